The van der Waals surface area contributed by atoms with E-state index in [1.54, 1.807) is 0 Å². The van der Waals surface area contributed by atoms with E-state index in [1.165, 1.54) is 23.2 Å². The van der Waals surface area contributed by atoms with Crippen LogP contribution in [0.15, 0.2) is 24.3 Å². The highest BCUT2D eigenvalue weighted by atomic mass is 32.2. The van der Waals surface area contributed by atoms with Gasteiger partial charge >= 0.3 is 0 Å². The third-order valence-electron chi connectivity index (χ3n) is 1.82. The Morgan fingerprint density at radius 3 is 2.50 bits per heavy atom. The zero-order valence-corrected chi connectivity index (χ0v) is 9.47. The zero-order chi connectivity index (χ0) is 10.2. The fourth-order valence-electron chi connectivity index (χ4n) is 1.05. The van der Waals surface area contributed by atoms with E-state index in [2.05, 4.69) is 31.2 Å². The molecule has 0 radical (unpaired) electrons. The Hall–Kier alpha value is -0.510. The lowest BCUT2D eigenvalue weighted by Crippen LogP contribution is -2.00. The molecule has 0 N–H and O–H groups in total. The summed E-state index contributed by atoms with van der Waals surface area (Å²) in [7, 11) is 0. The summed E-state index contributed by atoms with van der Waals surface area (Å²) in [5, 5.41) is 0. The van der Waals surface area contributed by atoms with Crippen LogP contribution in [-0.2, 0) is 15.5 Å². The Labute approximate surface area is 89.8 Å². The molecule has 0 aliphatic rings. The molecule has 0 saturated heterocycles. The monoisotopic (exact) mass is 212 g/mol. The molecular weight excluding hydrogens is 196 g/mol. The lowest BCUT2D eigenvalue weighted by molar-refractivity contribution is 0.0952. The van der Waals surface area contributed by atoms with Crippen molar-refractivity contribution in [2.75, 3.05) is 19.5 Å². The van der Waals surface area contributed by atoms with Crippen LogP contribution in [0.1, 0.15) is 11.1 Å². The van der Waals surface area contributed by atoms with Crippen LogP contribution in [-0.4, -0.2) is 19.5 Å². The van der Waals surface area contributed by atoms with E-state index in [1.807, 2.05) is 6.26 Å². The molecule has 0 bridgehead atoms. The minimum Gasteiger partial charge on any atom is -0.374 e. The average molecular weight is 212 g/mol. The molecule has 0 fully saturated rings. The van der Waals surface area contributed by atoms with Gasteiger partial charge in [-0.2, -0.15) is 0 Å². The Bertz CT molecular complexity index is 246. The molecule has 3 heteroatoms. The van der Waals surface area contributed by atoms with Gasteiger partial charge in [-0.3, -0.25) is 0 Å². The maximum absolute atomic E-state index is 5.42. The molecule has 0 aliphatic carbocycles. The smallest absolute Gasteiger partial charge is 0.0847 e. The van der Waals surface area contributed by atoms with Gasteiger partial charge in [0.05, 0.1) is 19.8 Å². The summed E-state index contributed by atoms with van der Waals surface area (Å²) in [6.45, 7) is 4.04. The molecule has 1 aromatic carbocycles. The van der Waals surface area contributed by atoms with Gasteiger partial charge in [-0.15, -0.1) is 0 Å². The molecule has 0 unspecified atom stereocenters. The van der Waals surface area contributed by atoms with Gasteiger partial charge in [-0.05, 0) is 24.5 Å². The first kappa shape index (κ1) is 11.6. The van der Waals surface area contributed by atoms with Gasteiger partial charge in [0.15, 0.2) is 0 Å². The highest BCUT2D eigenvalue weighted by Crippen LogP contribution is 2.04. The number of aryl methyl sites for hydroxylation is 1. The standard InChI is InChI=1S/C11H16O2S/c1-10-3-5-11(6-4-10)9-12-7-8-13-14-2/h3-6H,7-9H2,1-2H3. The van der Waals surface area contributed by atoms with E-state index in [4.69, 9.17) is 8.92 Å². The number of rotatable bonds is 6. The molecule has 1 rings (SSSR count). The number of ether oxygens (including phenoxy) is 1. The number of hydrogen-bond donors (Lipinski definition) is 0. The molecule has 0 aromatic heterocycles. The summed E-state index contributed by atoms with van der Waals surface area (Å²) in [5.74, 6) is 0. The van der Waals surface area contributed by atoms with Crippen LogP contribution >= 0.6 is 12.0 Å². The van der Waals surface area contributed by atoms with Gasteiger partial charge < -0.3 is 8.92 Å². The molecule has 1 aromatic rings. The Morgan fingerprint density at radius 1 is 1.14 bits per heavy atom. The summed E-state index contributed by atoms with van der Waals surface area (Å²) < 4.78 is 10.5. The second kappa shape index (κ2) is 6.87. The van der Waals surface area contributed by atoms with Crippen molar-refractivity contribution in [1.82, 2.24) is 0 Å². The van der Waals surface area contributed by atoms with Crippen molar-refractivity contribution in [2.24, 2.45) is 0 Å². The Morgan fingerprint density at radius 2 is 1.86 bits per heavy atom. The molecule has 14 heavy (non-hydrogen) atoms. The predicted molar refractivity (Wildman–Crippen MR) is 60.3 cm³/mol. The lowest BCUT2D eigenvalue weighted by Gasteiger charge is -2.04. The molecule has 0 heterocycles. The van der Waals surface area contributed by atoms with E-state index in [-0.39, 0.29) is 0 Å². The fourth-order valence-corrected chi connectivity index (χ4v) is 1.29. The van der Waals surface area contributed by atoms with E-state index in [0.29, 0.717) is 19.8 Å². The van der Waals surface area contributed by atoms with Gasteiger partial charge in [0.1, 0.15) is 0 Å². The van der Waals surface area contributed by atoms with Crippen LogP contribution < -0.4 is 0 Å². The van der Waals surface area contributed by atoms with Crippen molar-refractivity contribution in [3.8, 4) is 0 Å². The van der Waals surface area contributed by atoms with Gasteiger partial charge in [0, 0.05) is 6.26 Å². The van der Waals surface area contributed by atoms with Crippen molar-refractivity contribution in [3.05, 3.63) is 35.4 Å². The molecule has 0 atom stereocenters. The van der Waals surface area contributed by atoms with E-state index < -0.39 is 0 Å². The molecule has 0 spiro atoms. The van der Waals surface area contributed by atoms with E-state index >= 15 is 0 Å². The van der Waals surface area contributed by atoms with E-state index in [0.717, 1.165) is 0 Å². The van der Waals surface area contributed by atoms with Crippen LogP contribution in [0.3, 0.4) is 0 Å². The van der Waals surface area contributed by atoms with Gasteiger partial charge in [-0.25, -0.2) is 0 Å². The van der Waals surface area contributed by atoms with Gasteiger partial charge in [0.2, 0.25) is 0 Å². The van der Waals surface area contributed by atoms with Crippen LogP contribution in [0.25, 0.3) is 0 Å². The van der Waals surface area contributed by atoms with Crippen LogP contribution in [0, 0.1) is 6.92 Å². The fraction of sp³-hybridized carbons (Fsp3) is 0.455. The second-order valence-corrected chi connectivity index (χ2v) is 3.60. The van der Waals surface area contributed by atoms with Crippen molar-refractivity contribution in [1.29, 1.82) is 0 Å². The van der Waals surface area contributed by atoms with Crippen LogP contribution in [0.5, 0.6) is 0 Å². The van der Waals surface area contributed by atoms with Gasteiger partial charge in [-0.1, -0.05) is 29.8 Å². The SMILES string of the molecule is CSOCCOCc1ccc(C)cc1. The van der Waals surface area contributed by atoms with Crippen LogP contribution in [0.4, 0.5) is 0 Å². The van der Waals surface area contributed by atoms with Crippen molar-refractivity contribution in [2.45, 2.75) is 13.5 Å². The normalized spacial score (nSPS) is 10.4. The van der Waals surface area contributed by atoms with Crippen molar-refractivity contribution < 1.29 is 8.92 Å². The molecule has 0 aliphatic heterocycles. The second-order valence-electron chi connectivity index (χ2n) is 3.03. The first-order chi connectivity index (χ1) is 6.83. The third-order valence-corrected chi connectivity index (χ3v) is 2.22. The molecule has 0 saturated carbocycles. The zero-order valence-electron chi connectivity index (χ0n) is 8.66. The largest absolute Gasteiger partial charge is 0.374 e. The first-order valence-corrected chi connectivity index (χ1v) is 5.77. The summed E-state index contributed by atoms with van der Waals surface area (Å²) in [6, 6.07) is 8.36. The average Bonchev–Trinajstić information content (AvgIpc) is 2.21. The van der Waals surface area contributed by atoms with Crippen molar-refractivity contribution in [3.63, 3.8) is 0 Å². The molecule has 2 nitrogen and oxygen atoms in total. The number of benzene rings is 1. The highest BCUT2D eigenvalue weighted by Gasteiger charge is 1.92. The lowest BCUT2D eigenvalue weighted by atomic mass is 10.2. The molecular formula is C11H16O2S. The maximum atomic E-state index is 5.42. The number of hydrogen-bond acceptors (Lipinski definition) is 3. The van der Waals surface area contributed by atoms with Crippen molar-refractivity contribution >= 4 is 12.0 Å². The maximum Gasteiger partial charge on any atom is 0.0847 e. The highest BCUT2D eigenvalue weighted by molar-refractivity contribution is 7.93. The summed E-state index contributed by atoms with van der Waals surface area (Å²) in [6.07, 6.45) is 1.90. The Balaban J connectivity index is 2.15. The quantitative estimate of drug-likeness (QED) is 0.533. The third kappa shape index (κ3) is 4.65. The minimum atomic E-state index is 0.646. The summed E-state index contributed by atoms with van der Waals surface area (Å²) >= 11 is 1.37. The van der Waals surface area contributed by atoms with E-state index in [9.17, 15) is 0 Å². The van der Waals surface area contributed by atoms with Crippen LogP contribution in [0.2, 0.25) is 0 Å². The Kier molecular flexibility index (Phi) is 5.68. The summed E-state index contributed by atoms with van der Waals surface area (Å²) in [5.41, 5.74) is 2.49. The summed E-state index contributed by atoms with van der Waals surface area (Å²) in [4.78, 5) is 0. The molecule has 78 valence electrons. The van der Waals surface area contributed by atoms with Gasteiger partial charge in [0.25, 0.3) is 0 Å². The predicted octanol–water partition coefficient (Wildman–Crippen LogP) is 2.81. The molecule has 0 amide bonds. The first-order valence-electron chi connectivity index (χ1n) is 4.62. The topological polar surface area (TPSA) is 18.5 Å². The minimum absolute atomic E-state index is 0.646.